The van der Waals surface area contributed by atoms with Crippen LogP contribution in [0.4, 0.5) is 0 Å². The number of hydrogen-bond acceptors (Lipinski definition) is 3. The predicted molar refractivity (Wildman–Crippen MR) is 47.0 cm³/mol. The van der Waals surface area contributed by atoms with E-state index in [0.717, 1.165) is 12.1 Å². The molecule has 0 aliphatic heterocycles. The van der Waals surface area contributed by atoms with Gasteiger partial charge in [-0.05, 0) is 5.92 Å². The maximum atomic E-state index is 8.72. The van der Waals surface area contributed by atoms with E-state index in [0.29, 0.717) is 5.92 Å². The van der Waals surface area contributed by atoms with Gasteiger partial charge >= 0.3 is 0 Å². The molecule has 0 unspecified atom stereocenters. The topological polar surface area (TPSA) is 33.1 Å². The van der Waals surface area contributed by atoms with Crippen LogP contribution in [0.3, 0.4) is 0 Å². The summed E-state index contributed by atoms with van der Waals surface area (Å²) in [5.41, 5.74) is 2.99. The van der Waals surface area contributed by atoms with Crippen LogP contribution in [-0.2, 0) is 6.42 Å². The Kier molecular flexibility index (Phi) is 3.02. The summed E-state index contributed by atoms with van der Waals surface area (Å²) < 4.78 is 0. The van der Waals surface area contributed by atoms with Crippen molar-refractivity contribution in [3.63, 3.8) is 0 Å². The summed E-state index contributed by atoms with van der Waals surface area (Å²) in [4.78, 5) is 5.47. The van der Waals surface area contributed by atoms with E-state index in [4.69, 9.17) is 5.11 Å². The lowest BCUT2D eigenvalue weighted by Gasteiger charge is -2.02. The van der Waals surface area contributed by atoms with Gasteiger partial charge in [0.25, 0.3) is 0 Å². The van der Waals surface area contributed by atoms with Crippen molar-refractivity contribution in [2.45, 2.75) is 26.2 Å². The van der Waals surface area contributed by atoms with Crippen LogP contribution in [-0.4, -0.2) is 16.7 Å². The van der Waals surface area contributed by atoms with Crippen molar-refractivity contribution in [3.8, 4) is 0 Å². The summed E-state index contributed by atoms with van der Waals surface area (Å²) in [7, 11) is 0. The minimum absolute atomic E-state index is 0.224. The maximum Gasteiger partial charge on any atom is 0.0797 e. The van der Waals surface area contributed by atoms with Gasteiger partial charge in [0.15, 0.2) is 0 Å². The minimum atomic E-state index is 0.224. The van der Waals surface area contributed by atoms with Crippen molar-refractivity contribution in [3.05, 3.63) is 16.1 Å². The molecule has 1 aromatic heterocycles. The molecule has 1 N–H and O–H groups in total. The van der Waals surface area contributed by atoms with E-state index >= 15 is 0 Å². The van der Waals surface area contributed by atoms with Crippen molar-refractivity contribution in [2.24, 2.45) is 0 Å². The summed E-state index contributed by atoms with van der Waals surface area (Å²) in [5, 5.41) is 8.72. The van der Waals surface area contributed by atoms with Crippen LogP contribution >= 0.6 is 11.3 Å². The monoisotopic (exact) mass is 171 g/mol. The molecule has 1 heterocycles. The number of aromatic nitrogens is 1. The lowest BCUT2D eigenvalue weighted by molar-refractivity contribution is 0.300. The van der Waals surface area contributed by atoms with Crippen LogP contribution < -0.4 is 0 Å². The number of aliphatic hydroxyl groups excluding tert-OH is 1. The highest BCUT2D eigenvalue weighted by molar-refractivity contribution is 7.09. The van der Waals surface area contributed by atoms with Gasteiger partial charge in [-0.3, -0.25) is 0 Å². The van der Waals surface area contributed by atoms with Gasteiger partial charge in [0.05, 0.1) is 11.2 Å². The molecule has 0 atom stereocenters. The standard InChI is InChI=1S/C8H13NOS/c1-6(2)8-7(3-4-10)11-5-9-8/h5-6,10H,3-4H2,1-2H3. The van der Waals surface area contributed by atoms with Crippen LogP contribution in [0, 0.1) is 0 Å². The Balaban J connectivity index is 2.78. The Morgan fingerprint density at radius 2 is 2.36 bits per heavy atom. The van der Waals surface area contributed by atoms with E-state index < -0.39 is 0 Å². The lowest BCUT2D eigenvalue weighted by atomic mass is 10.1. The predicted octanol–water partition coefficient (Wildman–Crippen LogP) is 1.80. The van der Waals surface area contributed by atoms with E-state index in [1.807, 2.05) is 5.51 Å². The zero-order valence-corrected chi connectivity index (χ0v) is 7.69. The molecule has 0 aromatic carbocycles. The highest BCUT2D eigenvalue weighted by Crippen LogP contribution is 2.21. The summed E-state index contributed by atoms with van der Waals surface area (Å²) in [5.74, 6) is 0.475. The highest BCUT2D eigenvalue weighted by Gasteiger charge is 2.08. The third-order valence-corrected chi connectivity index (χ3v) is 2.47. The van der Waals surface area contributed by atoms with Crippen molar-refractivity contribution in [2.75, 3.05) is 6.61 Å². The number of thiazole rings is 1. The van der Waals surface area contributed by atoms with Crippen molar-refractivity contribution < 1.29 is 5.11 Å². The Hall–Kier alpha value is -0.410. The minimum Gasteiger partial charge on any atom is -0.396 e. The summed E-state index contributed by atoms with van der Waals surface area (Å²) in [6, 6.07) is 0. The second-order valence-electron chi connectivity index (χ2n) is 2.79. The third-order valence-electron chi connectivity index (χ3n) is 1.56. The maximum absolute atomic E-state index is 8.72. The largest absolute Gasteiger partial charge is 0.396 e. The van der Waals surface area contributed by atoms with Crippen LogP contribution in [0.2, 0.25) is 0 Å². The Labute approximate surface area is 70.9 Å². The number of rotatable bonds is 3. The van der Waals surface area contributed by atoms with Crippen LogP contribution in [0.25, 0.3) is 0 Å². The molecule has 0 bridgehead atoms. The first-order chi connectivity index (χ1) is 5.25. The average Bonchev–Trinajstić information content (AvgIpc) is 2.36. The Morgan fingerprint density at radius 1 is 1.64 bits per heavy atom. The molecule has 62 valence electrons. The Morgan fingerprint density at radius 3 is 2.91 bits per heavy atom. The van der Waals surface area contributed by atoms with Gasteiger partial charge in [-0.15, -0.1) is 11.3 Å². The van der Waals surface area contributed by atoms with E-state index in [2.05, 4.69) is 18.8 Å². The number of hydrogen-bond donors (Lipinski definition) is 1. The molecule has 0 radical (unpaired) electrons. The highest BCUT2D eigenvalue weighted by atomic mass is 32.1. The summed E-state index contributed by atoms with van der Waals surface area (Å²) in [6.45, 7) is 4.47. The molecule has 0 aliphatic rings. The molecular formula is C8H13NOS. The summed E-state index contributed by atoms with van der Waals surface area (Å²) in [6.07, 6.45) is 0.748. The lowest BCUT2D eigenvalue weighted by Crippen LogP contribution is -1.95. The number of nitrogens with zero attached hydrogens (tertiary/aromatic N) is 1. The summed E-state index contributed by atoms with van der Waals surface area (Å²) >= 11 is 1.63. The fraction of sp³-hybridized carbons (Fsp3) is 0.625. The molecule has 0 fully saturated rings. The molecule has 0 amide bonds. The zero-order valence-electron chi connectivity index (χ0n) is 6.87. The van der Waals surface area contributed by atoms with Crippen molar-refractivity contribution >= 4 is 11.3 Å². The van der Waals surface area contributed by atoms with Gasteiger partial charge < -0.3 is 5.11 Å². The second-order valence-corrected chi connectivity index (χ2v) is 3.73. The van der Waals surface area contributed by atoms with Crippen molar-refractivity contribution in [1.82, 2.24) is 4.98 Å². The van der Waals surface area contributed by atoms with Gasteiger partial charge in [0.1, 0.15) is 0 Å². The van der Waals surface area contributed by atoms with Crippen LogP contribution in [0.5, 0.6) is 0 Å². The zero-order chi connectivity index (χ0) is 8.27. The average molecular weight is 171 g/mol. The second kappa shape index (κ2) is 3.83. The molecule has 1 aromatic rings. The molecular weight excluding hydrogens is 158 g/mol. The normalized spacial score (nSPS) is 10.9. The molecule has 1 rings (SSSR count). The quantitative estimate of drug-likeness (QED) is 0.752. The first kappa shape index (κ1) is 8.68. The fourth-order valence-corrected chi connectivity index (χ4v) is 1.95. The molecule has 2 nitrogen and oxygen atoms in total. The molecule has 11 heavy (non-hydrogen) atoms. The van der Waals surface area contributed by atoms with Gasteiger partial charge in [-0.2, -0.15) is 0 Å². The molecule has 3 heteroatoms. The van der Waals surface area contributed by atoms with Gasteiger partial charge in [-0.25, -0.2) is 4.98 Å². The van der Waals surface area contributed by atoms with E-state index in [1.165, 1.54) is 4.88 Å². The van der Waals surface area contributed by atoms with E-state index in [1.54, 1.807) is 11.3 Å². The van der Waals surface area contributed by atoms with E-state index in [9.17, 15) is 0 Å². The molecule has 0 saturated carbocycles. The molecule has 0 aliphatic carbocycles. The van der Waals surface area contributed by atoms with Gasteiger partial charge in [-0.1, -0.05) is 13.8 Å². The van der Waals surface area contributed by atoms with E-state index in [-0.39, 0.29) is 6.61 Å². The fourth-order valence-electron chi connectivity index (χ4n) is 1.04. The number of aliphatic hydroxyl groups is 1. The SMILES string of the molecule is CC(C)c1ncsc1CCO. The first-order valence-electron chi connectivity index (χ1n) is 3.78. The van der Waals surface area contributed by atoms with Crippen LogP contribution in [0.15, 0.2) is 5.51 Å². The van der Waals surface area contributed by atoms with Gasteiger partial charge in [0, 0.05) is 17.9 Å². The van der Waals surface area contributed by atoms with Crippen molar-refractivity contribution in [1.29, 1.82) is 0 Å². The molecule has 0 spiro atoms. The van der Waals surface area contributed by atoms with Crippen LogP contribution in [0.1, 0.15) is 30.3 Å². The first-order valence-corrected chi connectivity index (χ1v) is 4.66. The Bertz CT molecular complexity index is 220. The molecule has 0 saturated heterocycles. The van der Waals surface area contributed by atoms with Gasteiger partial charge in [0.2, 0.25) is 0 Å². The third kappa shape index (κ3) is 2.01. The smallest absolute Gasteiger partial charge is 0.0797 e.